The average Bonchev–Trinajstić information content (AvgIpc) is 2.81. The molecule has 1 aromatic rings. The van der Waals surface area contributed by atoms with Gasteiger partial charge in [-0.1, -0.05) is 0 Å². The van der Waals surface area contributed by atoms with E-state index < -0.39 is 0 Å². The molecule has 70 valence electrons. The summed E-state index contributed by atoms with van der Waals surface area (Å²) in [5.41, 5.74) is 0. The van der Waals surface area contributed by atoms with Crippen LogP contribution >= 0.6 is 0 Å². The monoisotopic (exact) mass is 179 g/mol. The van der Waals surface area contributed by atoms with Crippen molar-refractivity contribution in [3.05, 3.63) is 18.7 Å². The highest BCUT2D eigenvalue weighted by atomic mass is 16.2. The van der Waals surface area contributed by atoms with Crippen molar-refractivity contribution in [2.45, 2.75) is 25.8 Å². The number of rotatable bonds is 2. The topological polar surface area (TPSA) is 46.9 Å². The molecule has 0 saturated heterocycles. The second-order valence-corrected chi connectivity index (χ2v) is 3.55. The molecule has 1 aliphatic rings. The van der Waals surface area contributed by atoms with Crippen LogP contribution in [0.5, 0.6) is 0 Å². The Hall–Kier alpha value is -1.32. The highest BCUT2D eigenvalue weighted by Gasteiger charge is 2.28. The molecule has 0 aliphatic heterocycles. The molecule has 1 atom stereocenters. The fourth-order valence-corrected chi connectivity index (χ4v) is 1.36. The van der Waals surface area contributed by atoms with Crippen LogP contribution < -0.4 is 5.32 Å². The summed E-state index contributed by atoms with van der Waals surface area (Å²) in [6.45, 7) is 2.05. The molecule has 4 nitrogen and oxygen atoms in total. The quantitative estimate of drug-likeness (QED) is 0.742. The average molecular weight is 179 g/mol. The molecule has 1 saturated carbocycles. The largest absolute Gasteiger partial charge is 0.335 e. The van der Waals surface area contributed by atoms with Crippen molar-refractivity contribution in [1.82, 2.24) is 14.9 Å². The third kappa shape index (κ3) is 1.88. The molecule has 1 aromatic heterocycles. The van der Waals surface area contributed by atoms with E-state index in [9.17, 15) is 4.79 Å². The third-order valence-electron chi connectivity index (χ3n) is 2.42. The van der Waals surface area contributed by atoms with E-state index in [1.54, 1.807) is 12.4 Å². The summed E-state index contributed by atoms with van der Waals surface area (Å²) in [6, 6.07) is 0.201. The fourth-order valence-electron chi connectivity index (χ4n) is 1.36. The van der Waals surface area contributed by atoms with Gasteiger partial charge in [-0.15, -0.1) is 0 Å². The Kier molecular flexibility index (Phi) is 2.04. The summed E-state index contributed by atoms with van der Waals surface area (Å²) in [5, 5.41) is 2.93. The van der Waals surface area contributed by atoms with Gasteiger partial charge >= 0.3 is 6.03 Å². The van der Waals surface area contributed by atoms with E-state index in [1.807, 2.05) is 6.92 Å². The van der Waals surface area contributed by atoms with Crippen LogP contribution in [0, 0.1) is 5.92 Å². The lowest BCUT2D eigenvalue weighted by molar-refractivity contribution is 0.238. The van der Waals surface area contributed by atoms with Crippen molar-refractivity contribution >= 4 is 6.03 Å². The number of imidazole rings is 1. The van der Waals surface area contributed by atoms with Crippen molar-refractivity contribution in [3.63, 3.8) is 0 Å². The number of amides is 1. The van der Waals surface area contributed by atoms with Gasteiger partial charge in [-0.05, 0) is 25.7 Å². The Bertz CT molecular complexity index is 290. The van der Waals surface area contributed by atoms with Crippen molar-refractivity contribution in [3.8, 4) is 0 Å². The van der Waals surface area contributed by atoms with Crippen LogP contribution in [0.25, 0.3) is 0 Å². The van der Waals surface area contributed by atoms with Crippen LogP contribution in [0.3, 0.4) is 0 Å². The minimum atomic E-state index is -0.0862. The van der Waals surface area contributed by atoms with Gasteiger partial charge in [-0.2, -0.15) is 0 Å². The zero-order valence-electron chi connectivity index (χ0n) is 7.60. The second-order valence-electron chi connectivity index (χ2n) is 3.55. The number of nitrogens with zero attached hydrogens (tertiary/aromatic N) is 2. The summed E-state index contributed by atoms with van der Waals surface area (Å²) in [7, 11) is 0. The highest BCUT2D eigenvalue weighted by molar-refractivity contribution is 5.76. The van der Waals surface area contributed by atoms with E-state index in [4.69, 9.17) is 0 Å². The number of aromatic nitrogens is 2. The molecule has 2 rings (SSSR count). The molecule has 1 N–H and O–H groups in total. The first-order valence-corrected chi connectivity index (χ1v) is 4.56. The van der Waals surface area contributed by atoms with Gasteiger partial charge in [0.2, 0.25) is 0 Å². The molecular formula is C9H13N3O. The molecule has 0 bridgehead atoms. The van der Waals surface area contributed by atoms with E-state index >= 15 is 0 Å². The first-order chi connectivity index (χ1) is 6.27. The number of nitrogens with one attached hydrogen (secondary N) is 1. The molecule has 1 heterocycles. The zero-order chi connectivity index (χ0) is 9.26. The van der Waals surface area contributed by atoms with E-state index in [1.165, 1.54) is 23.7 Å². The molecule has 1 aliphatic carbocycles. The van der Waals surface area contributed by atoms with Crippen molar-refractivity contribution < 1.29 is 4.79 Å². The van der Waals surface area contributed by atoms with Crippen molar-refractivity contribution in [2.75, 3.05) is 0 Å². The minimum Gasteiger partial charge on any atom is -0.335 e. The van der Waals surface area contributed by atoms with Crippen LogP contribution in [-0.4, -0.2) is 21.6 Å². The SMILES string of the molecule is CC(NC(=O)n1ccnc1)C1CC1. The summed E-state index contributed by atoms with van der Waals surface area (Å²) in [5.74, 6) is 0.687. The summed E-state index contributed by atoms with van der Waals surface area (Å²) >= 11 is 0. The van der Waals surface area contributed by atoms with Gasteiger partial charge in [-0.25, -0.2) is 9.78 Å². The molecule has 13 heavy (non-hydrogen) atoms. The molecule has 1 fully saturated rings. The lowest BCUT2D eigenvalue weighted by Crippen LogP contribution is -2.36. The van der Waals surface area contributed by atoms with Gasteiger partial charge in [0.25, 0.3) is 0 Å². The second kappa shape index (κ2) is 3.20. The van der Waals surface area contributed by atoms with Gasteiger partial charge in [0.15, 0.2) is 0 Å². The smallest absolute Gasteiger partial charge is 0.327 e. The van der Waals surface area contributed by atoms with Crippen LogP contribution in [-0.2, 0) is 0 Å². The number of hydrogen-bond acceptors (Lipinski definition) is 2. The predicted molar refractivity (Wildman–Crippen MR) is 48.3 cm³/mol. The zero-order valence-corrected chi connectivity index (χ0v) is 7.60. The van der Waals surface area contributed by atoms with Gasteiger partial charge < -0.3 is 5.32 Å². The van der Waals surface area contributed by atoms with Crippen LogP contribution in [0.2, 0.25) is 0 Å². The molecule has 1 unspecified atom stereocenters. The maximum atomic E-state index is 11.5. The van der Waals surface area contributed by atoms with Crippen molar-refractivity contribution in [2.24, 2.45) is 5.92 Å². The Balaban J connectivity index is 1.91. The molecule has 4 heteroatoms. The predicted octanol–water partition coefficient (Wildman–Crippen LogP) is 1.24. The normalized spacial score (nSPS) is 18.2. The van der Waals surface area contributed by atoms with Crippen LogP contribution in [0.4, 0.5) is 4.79 Å². The number of hydrogen-bond donors (Lipinski definition) is 1. The number of carbonyl (C=O) groups excluding carboxylic acids is 1. The van der Waals surface area contributed by atoms with Gasteiger partial charge in [0, 0.05) is 18.4 Å². The summed E-state index contributed by atoms with van der Waals surface area (Å²) in [6.07, 6.45) is 7.24. The standard InChI is InChI=1S/C9H13N3O/c1-7(8-2-3-8)11-9(13)12-5-4-10-6-12/h4-8H,2-3H2,1H3,(H,11,13). The van der Waals surface area contributed by atoms with E-state index in [0.717, 1.165) is 0 Å². The summed E-state index contributed by atoms with van der Waals surface area (Å²) < 4.78 is 1.46. The first kappa shape index (κ1) is 8.29. The first-order valence-electron chi connectivity index (χ1n) is 4.56. The molecule has 0 radical (unpaired) electrons. The molecule has 0 aromatic carbocycles. The Labute approximate surface area is 77.0 Å². The number of carbonyl (C=O) groups is 1. The third-order valence-corrected chi connectivity index (χ3v) is 2.42. The molecule has 1 amide bonds. The van der Waals surface area contributed by atoms with E-state index in [-0.39, 0.29) is 12.1 Å². The van der Waals surface area contributed by atoms with Crippen molar-refractivity contribution in [1.29, 1.82) is 0 Å². The van der Waals surface area contributed by atoms with Gasteiger partial charge in [0.1, 0.15) is 6.33 Å². The van der Waals surface area contributed by atoms with E-state index in [2.05, 4.69) is 10.3 Å². The van der Waals surface area contributed by atoms with E-state index in [0.29, 0.717) is 5.92 Å². The van der Waals surface area contributed by atoms with Gasteiger partial charge in [0.05, 0.1) is 0 Å². The van der Waals surface area contributed by atoms with Crippen LogP contribution in [0.15, 0.2) is 18.7 Å². The maximum Gasteiger partial charge on any atom is 0.327 e. The van der Waals surface area contributed by atoms with Crippen LogP contribution in [0.1, 0.15) is 19.8 Å². The fraction of sp³-hybridized carbons (Fsp3) is 0.556. The lowest BCUT2D eigenvalue weighted by Gasteiger charge is -2.12. The Morgan fingerprint density at radius 2 is 2.46 bits per heavy atom. The molecular weight excluding hydrogens is 166 g/mol. The lowest BCUT2D eigenvalue weighted by atomic mass is 10.2. The Morgan fingerprint density at radius 1 is 1.69 bits per heavy atom. The van der Waals surface area contributed by atoms with Gasteiger partial charge in [-0.3, -0.25) is 4.57 Å². The highest BCUT2D eigenvalue weighted by Crippen LogP contribution is 2.32. The summed E-state index contributed by atoms with van der Waals surface area (Å²) in [4.78, 5) is 15.3. The Morgan fingerprint density at radius 3 is 3.00 bits per heavy atom. The maximum absolute atomic E-state index is 11.5. The molecule has 0 spiro atoms. The minimum absolute atomic E-state index is 0.0862.